The Labute approximate surface area is 184 Å². The molecule has 0 saturated carbocycles. The summed E-state index contributed by atoms with van der Waals surface area (Å²) in [6.45, 7) is 13.8. The van der Waals surface area contributed by atoms with Crippen LogP contribution in [0.3, 0.4) is 0 Å². The van der Waals surface area contributed by atoms with E-state index in [1.54, 1.807) is 6.07 Å². The van der Waals surface area contributed by atoms with Crippen LogP contribution < -0.4 is 0 Å². The second-order valence-corrected chi connectivity index (χ2v) is 9.69. The SMILES string of the molecule is CC(C)(C)[C@@H]1COCCOCCOC[C@@H](C(C)(C)C)OC(=O)c2cccc(n2)C(=O)O1. The van der Waals surface area contributed by atoms with Crippen LogP contribution in [0.25, 0.3) is 0 Å². The molecule has 0 unspecified atom stereocenters. The van der Waals surface area contributed by atoms with Gasteiger partial charge in [0.2, 0.25) is 0 Å². The Bertz CT molecular complexity index is 679. The average molecular weight is 438 g/mol. The van der Waals surface area contributed by atoms with Gasteiger partial charge in [-0.05, 0) is 12.1 Å². The minimum Gasteiger partial charge on any atom is -0.455 e. The summed E-state index contributed by atoms with van der Waals surface area (Å²) in [5.74, 6) is -1.24. The molecule has 0 spiro atoms. The van der Waals surface area contributed by atoms with Crippen molar-refractivity contribution >= 4 is 11.9 Å². The zero-order valence-electron chi connectivity index (χ0n) is 19.4. The topological polar surface area (TPSA) is 93.2 Å². The highest BCUT2D eigenvalue weighted by atomic mass is 16.6. The molecule has 0 amide bonds. The van der Waals surface area contributed by atoms with Gasteiger partial charge in [0, 0.05) is 10.8 Å². The summed E-state index contributed by atoms with van der Waals surface area (Å²) in [6, 6.07) is 4.60. The lowest BCUT2D eigenvalue weighted by Gasteiger charge is -2.30. The fourth-order valence-corrected chi connectivity index (χ4v) is 2.68. The number of esters is 2. The number of carbonyl (C=O) groups is 2. The Morgan fingerprint density at radius 2 is 1.10 bits per heavy atom. The number of hydrogen-bond acceptors (Lipinski definition) is 8. The van der Waals surface area contributed by atoms with Crippen LogP contribution >= 0.6 is 0 Å². The molecule has 1 aliphatic rings. The van der Waals surface area contributed by atoms with E-state index in [-0.39, 0.29) is 35.4 Å². The fourth-order valence-electron chi connectivity index (χ4n) is 2.68. The third kappa shape index (κ3) is 8.20. The molecule has 31 heavy (non-hydrogen) atoms. The highest BCUT2D eigenvalue weighted by Gasteiger charge is 2.31. The second kappa shape index (κ2) is 11.0. The maximum absolute atomic E-state index is 12.7. The van der Waals surface area contributed by atoms with Crippen LogP contribution in [0.5, 0.6) is 0 Å². The molecule has 1 aliphatic heterocycles. The van der Waals surface area contributed by atoms with E-state index in [4.69, 9.17) is 23.7 Å². The molecule has 1 aromatic rings. The Hall–Kier alpha value is -2.03. The van der Waals surface area contributed by atoms with E-state index >= 15 is 0 Å². The van der Waals surface area contributed by atoms with Gasteiger partial charge < -0.3 is 23.7 Å². The van der Waals surface area contributed by atoms with Crippen molar-refractivity contribution < 1.29 is 33.3 Å². The van der Waals surface area contributed by atoms with Gasteiger partial charge in [-0.1, -0.05) is 47.6 Å². The number of pyridine rings is 1. The molecule has 0 saturated heterocycles. The van der Waals surface area contributed by atoms with Gasteiger partial charge in [0.25, 0.3) is 0 Å². The second-order valence-electron chi connectivity index (χ2n) is 9.69. The van der Waals surface area contributed by atoms with Crippen molar-refractivity contribution in [3.8, 4) is 0 Å². The summed E-state index contributed by atoms with van der Waals surface area (Å²) in [7, 11) is 0. The number of hydrogen-bond donors (Lipinski definition) is 0. The minimum absolute atomic E-state index is 0.0386. The number of rotatable bonds is 0. The molecule has 0 N–H and O–H groups in total. The predicted octanol–water partition coefficient (Wildman–Crippen LogP) is 3.29. The summed E-state index contributed by atoms with van der Waals surface area (Å²) >= 11 is 0. The number of ether oxygens (including phenoxy) is 5. The summed E-state index contributed by atoms with van der Waals surface area (Å²) in [5.41, 5.74) is -0.614. The van der Waals surface area contributed by atoms with Crippen molar-refractivity contribution in [2.75, 3.05) is 39.6 Å². The van der Waals surface area contributed by atoms with Crippen LogP contribution in [-0.2, 0) is 23.7 Å². The van der Waals surface area contributed by atoms with E-state index in [9.17, 15) is 9.59 Å². The monoisotopic (exact) mass is 437 g/mol. The Balaban J connectivity index is 2.26. The molecule has 8 nitrogen and oxygen atoms in total. The van der Waals surface area contributed by atoms with Crippen molar-refractivity contribution in [2.45, 2.75) is 53.8 Å². The quantitative estimate of drug-likeness (QED) is 0.571. The predicted molar refractivity (Wildman–Crippen MR) is 114 cm³/mol. The third-order valence-electron chi connectivity index (χ3n) is 4.88. The first-order chi connectivity index (χ1) is 14.5. The molecule has 0 radical (unpaired) electrons. The van der Waals surface area contributed by atoms with Crippen LogP contribution in [0, 0.1) is 10.8 Å². The van der Waals surface area contributed by atoms with Gasteiger partial charge in [-0.25, -0.2) is 14.6 Å². The summed E-state index contributed by atoms with van der Waals surface area (Å²) < 4.78 is 28.2. The molecule has 8 heteroatoms. The molecular weight excluding hydrogens is 402 g/mol. The van der Waals surface area contributed by atoms with Gasteiger partial charge in [-0.15, -0.1) is 0 Å². The molecule has 2 heterocycles. The van der Waals surface area contributed by atoms with Crippen LogP contribution in [-0.4, -0.2) is 68.8 Å². The lowest BCUT2D eigenvalue weighted by atomic mass is 9.89. The molecule has 0 fully saturated rings. The van der Waals surface area contributed by atoms with Crippen LogP contribution in [0.15, 0.2) is 18.2 Å². The standard InChI is InChI=1S/C23H35NO7/c1-22(2,3)18-14-28-12-10-27-11-13-29-15-19(23(4,5)6)31-21(26)17-9-7-8-16(24-17)20(25)30-18/h7-9,18-19H,10-15H2,1-6H3/t18-,19-/m0/s1. The number of nitrogens with zero attached hydrogens (tertiary/aromatic N) is 1. The lowest BCUT2D eigenvalue weighted by molar-refractivity contribution is -0.0657. The van der Waals surface area contributed by atoms with Crippen molar-refractivity contribution in [1.29, 1.82) is 0 Å². The molecule has 2 atom stereocenters. The molecule has 1 aromatic heterocycles. The average Bonchev–Trinajstić information content (AvgIpc) is 2.68. The number of aromatic nitrogens is 1. The van der Waals surface area contributed by atoms with Gasteiger partial charge in [0.05, 0.1) is 39.6 Å². The van der Waals surface area contributed by atoms with Crippen LogP contribution in [0.4, 0.5) is 0 Å². The third-order valence-corrected chi connectivity index (χ3v) is 4.88. The van der Waals surface area contributed by atoms with E-state index in [0.29, 0.717) is 26.4 Å². The fraction of sp³-hybridized carbons (Fsp3) is 0.696. The largest absolute Gasteiger partial charge is 0.455 e. The van der Waals surface area contributed by atoms with E-state index in [1.807, 2.05) is 41.5 Å². The Morgan fingerprint density at radius 3 is 1.48 bits per heavy atom. The number of carbonyl (C=O) groups excluding carboxylic acids is 2. The summed E-state index contributed by atoms with van der Waals surface area (Å²) in [5, 5.41) is 0. The minimum atomic E-state index is -0.619. The van der Waals surface area contributed by atoms with Gasteiger partial charge in [0.1, 0.15) is 23.6 Å². The van der Waals surface area contributed by atoms with Gasteiger partial charge >= 0.3 is 11.9 Å². The van der Waals surface area contributed by atoms with E-state index in [2.05, 4.69) is 4.98 Å². The van der Waals surface area contributed by atoms with E-state index in [0.717, 1.165) is 0 Å². The molecule has 174 valence electrons. The van der Waals surface area contributed by atoms with E-state index < -0.39 is 24.1 Å². The summed E-state index contributed by atoms with van der Waals surface area (Å²) in [6.07, 6.45) is -0.991. The first kappa shape index (κ1) is 25.2. The maximum Gasteiger partial charge on any atom is 0.357 e. The van der Waals surface area contributed by atoms with Crippen LogP contribution in [0.1, 0.15) is 62.5 Å². The first-order valence-electron chi connectivity index (χ1n) is 10.6. The molecule has 0 aromatic carbocycles. The zero-order valence-corrected chi connectivity index (χ0v) is 19.4. The van der Waals surface area contributed by atoms with Gasteiger partial charge in [-0.2, -0.15) is 0 Å². The highest BCUT2D eigenvalue weighted by Crippen LogP contribution is 2.25. The van der Waals surface area contributed by atoms with Crippen molar-refractivity contribution in [2.24, 2.45) is 10.8 Å². The van der Waals surface area contributed by atoms with Crippen molar-refractivity contribution in [3.05, 3.63) is 29.6 Å². The van der Waals surface area contributed by atoms with Crippen molar-refractivity contribution in [1.82, 2.24) is 4.98 Å². The number of fused-ring (bicyclic) bond motifs is 2. The summed E-state index contributed by atoms with van der Waals surface area (Å²) in [4.78, 5) is 29.6. The maximum atomic E-state index is 12.7. The molecular formula is C23H35NO7. The van der Waals surface area contributed by atoms with Gasteiger partial charge in [-0.3, -0.25) is 0 Å². The van der Waals surface area contributed by atoms with Gasteiger partial charge in [0.15, 0.2) is 0 Å². The highest BCUT2D eigenvalue weighted by molar-refractivity contribution is 5.91. The van der Waals surface area contributed by atoms with Crippen LogP contribution in [0.2, 0.25) is 0 Å². The van der Waals surface area contributed by atoms with E-state index in [1.165, 1.54) is 12.1 Å². The normalized spacial score (nSPS) is 23.3. The smallest absolute Gasteiger partial charge is 0.357 e. The Kier molecular flexibility index (Phi) is 8.97. The zero-order chi connectivity index (χ0) is 23.1. The lowest BCUT2D eigenvalue weighted by Crippen LogP contribution is -2.37. The molecule has 2 rings (SSSR count). The molecule has 0 aliphatic carbocycles. The number of cyclic esters (lactones) is 2. The van der Waals surface area contributed by atoms with Crippen molar-refractivity contribution in [3.63, 3.8) is 0 Å². The molecule has 2 bridgehead atoms. The first-order valence-corrected chi connectivity index (χ1v) is 10.6. The Morgan fingerprint density at radius 1 is 0.710 bits per heavy atom.